The number of rotatable bonds is 0. The molecule has 0 radical (unpaired) electrons. The second kappa shape index (κ2) is 2.49. The van der Waals surface area contributed by atoms with Crippen LogP contribution in [0.2, 0.25) is 0 Å². The van der Waals surface area contributed by atoms with Gasteiger partial charge in [0.05, 0.1) is 13.2 Å². The van der Waals surface area contributed by atoms with Crippen molar-refractivity contribution in [2.24, 2.45) is 11.8 Å². The first-order chi connectivity index (χ1) is 5.12. The number of hydrogen-bond donors (Lipinski definition) is 0. The Balaban J connectivity index is 1.98. The van der Waals surface area contributed by atoms with Crippen molar-refractivity contribution in [2.75, 3.05) is 13.2 Å². The maximum absolute atomic E-state index is 5.94. The fraction of sp³-hybridized carbons (Fsp3) is 1.00. The first-order valence-electron chi connectivity index (χ1n) is 3.73. The third-order valence-corrected chi connectivity index (χ3v) is 3.51. The molecule has 0 aromatic carbocycles. The number of halogens is 2. The molecule has 2 rings (SSSR count). The van der Waals surface area contributed by atoms with Crippen LogP contribution in [-0.2, 0) is 9.47 Å². The fourth-order valence-corrected chi connectivity index (χ4v) is 2.18. The molecule has 2 fully saturated rings. The van der Waals surface area contributed by atoms with Gasteiger partial charge in [-0.05, 0) is 6.92 Å². The molecule has 0 aromatic heterocycles. The summed E-state index contributed by atoms with van der Waals surface area (Å²) in [7, 11) is 0. The van der Waals surface area contributed by atoms with Crippen molar-refractivity contribution in [3.05, 3.63) is 0 Å². The van der Waals surface area contributed by atoms with Crippen LogP contribution in [0.5, 0.6) is 0 Å². The van der Waals surface area contributed by atoms with Crippen LogP contribution in [0.3, 0.4) is 0 Å². The molecule has 4 heteroatoms. The van der Waals surface area contributed by atoms with Crippen molar-refractivity contribution in [3.63, 3.8) is 0 Å². The summed E-state index contributed by atoms with van der Waals surface area (Å²) in [6.07, 6.45) is -0.105. The van der Waals surface area contributed by atoms with Crippen LogP contribution in [-0.4, -0.2) is 23.8 Å². The normalized spacial score (nSPS) is 47.7. The van der Waals surface area contributed by atoms with E-state index >= 15 is 0 Å². The lowest BCUT2D eigenvalue weighted by Gasteiger charge is -2.12. The standard InChI is InChI=1S/C7H10Cl2O2/c1-4-10-2-5-6(3-11-4)7(5,8)9/h4-6H,2-3H2,1H3/t4?,5-,6+. The van der Waals surface area contributed by atoms with Crippen molar-refractivity contribution in [2.45, 2.75) is 17.5 Å². The van der Waals surface area contributed by atoms with Crippen molar-refractivity contribution in [1.29, 1.82) is 0 Å². The molecular formula is C7H10Cl2O2. The molecule has 2 aliphatic rings. The van der Waals surface area contributed by atoms with E-state index in [1.807, 2.05) is 6.92 Å². The summed E-state index contributed by atoms with van der Waals surface area (Å²) in [6, 6.07) is 0. The van der Waals surface area contributed by atoms with E-state index in [9.17, 15) is 0 Å². The van der Waals surface area contributed by atoms with Crippen LogP contribution in [0.25, 0.3) is 0 Å². The molecule has 0 bridgehead atoms. The van der Waals surface area contributed by atoms with Gasteiger partial charge < -0.3 is 9.47 Å². The third-order valence-electron chi connectivity index (χ3n) is 2.39. The predicted molar refractivity (Wildman–Crippen MR) is 42.8 cm³/mol. The molecule has 1 saturated carbocycles. The molecular weight excluding hydrogens is 187 g/mol. The van der Waals surface area contributed by atoms with Gasteiger partial charge in [0, 0.05) is 11.8 Å². The predicted octanol–water partition coefficient (Wildman–Crippen LogP) is 1.80. The summed E-state index contributed by atoms with van der Waals surface area (Å²) < 4.78 is 10.0. The second-order valence-corrected chi connectivity index (χ2v) is 4.57. The van der Waals surface area contributed by atoms with Gasteiger partial charge in [-0.1, -0.05) is 0 Å². The highest BCUT2D eigenvalue weighted by molar-refractivity contribution is 6.51. The highest BCUT2D eigenvalue weighted by atomic mass is 35.5. The Hall–Kier alpha value is 0.500. The maximum atomic E-state index is 5.94. The van der Waals surface area contributed by atoms with Crippen LogP contribution >= 0.6 is 23.2 Å². The van der Waals surface area contributed by atoms with E-state index < -0.39 is 4.33 Å². The van der Waals surface area contributed by atoms with Crippen LogP contribution in [0.15, 0.2) is 0 Å². The molecule has 64 valence electrons. The Labute approximate surface area is 75.8 Å². The summed E-state index contributed by atoms with van der Waals surface area (Å²) in [5.74, 6) is 0.548. The Kier molecular flexibility index (Phi) is 1.84. The van der Waals surface area contributed by atoms with Gasteiger partial charge >= 0.3 is 0 Å². The highest BCUT2D eigenvalue weighted by Gasteiger charge is 2.64. The molecule has 11 heavy (non-hydrogen) atoms. The number of alkyl halides is 2. The summed E-state index contributed by atoms with van der Waals surface area (Å²) >= 11 is 11.9. The van der Waals surface area contributed by atoms with E-state index in [1.165, 1.54) is 0 Å². The second-order valence-electron chi connectivity index (χ2n) is 3.12. The van der Waals surface area contributed by atoms with Gasteiger partial charge in [0.2, 0.25) is 0 Å². The summed E-state index contributed by atoms with van der Waals surface area (Å²) in [5, 5.41) is 0. The Morgan fingerprint density at radius 2 is 1.64 bits per heavy atom. The van der Waals surface area contributed by atoms with Crippen molar-refractivity contribution in [3.8, 4) is 0 Å². The molecule has 0 amide bonds. The molecule has 1 aliphatic heterocycles. The summed E-state index contributed by atoms with van der Waals surface area (Å²) in [6.45, 7) is 3.13. The lowest BCUT2D eigenvalue weighted by Crippen LogP contribution is -2.15. The van der Waals surface area contributed by atoms with Gasteiger partial charge in [0.15, 0.2) is 6.29 Å². The van der Waals surface area contributed by atoms with Gasteiger partial charge in [-0.15, -0.1) is 23.2 Å². The Morgan fingerprint density at radius 3 is 2.09 bits per heavy atom. The van der Waals surface area contributed by atoms with Crippen LogP contribution in [0.1, 0.15) is 6.92 Å². The number of ether oxygens (including phenoxy) is 2. The van der Waals surface area contributed by atoms with Gasteiger partial charge in [0.25, 0.3) is 0 Å². The van der Waals surface area contributed by atoms with E-state index in [0.29, 0.717) is 13.2 Å². The number of fused-ring (bicyclic) bond motifs is 1. The zero-order valence-electron chi connectivity index (χ0n) is 6.22. The summed E-state index contributed by atoms with van der Waals surface area (Å²) in [4.78, 5) is 0. The van der Waals surface area contributed by atoms with E-state index in [0.717, 1.165) is 0 Å². The highest BCUT2D eigenvalue weighted by Crippen LogP contribution is 2.60. The average Bonchev–Trinajstić information content (AvgIpc) is 2.51. The van der Waals surface area contributed by atoms with Gasteiger partial charge in [-0.2, -0.15) is 0 Å². The molecule has 1 heterocycles. The molecule has 0 aromatic rings. The SMILES string of the molecule is CC1OC[C@@H]2[C@H](CO1)C2(Cl)Cl. The molecule has 0 N–H and O–H groups in total. The molecule has 1 aliphatic carbocycles. The van der Waals surface area contributed by atoms with Gasteiger partial charge in [-0.25, -0.2) is 0 Å². The molecule has 3 atom stereocenters. The lowest BCUT2D eigenvalue weighted by molar-refractivity contribution is -0.121. The van der Waals surface area contributed by atoms with E-state index in [1.54, 1.807) is 0 Å². The minimum Gasteiger partial charge on any atom is -0.353 e. The minimum atomic E-state index is -0.583. The first-order valence-corrected chi connectivity index (χ1v) is 4.49. The zero-order chi connectivity index (χ0) is 8.06. The van der Waals surface area contributed by atoms with Crippen LogP contribution < -0.4 is 0 Å². The quantitative estimate of drug-likeness (QED) is 0.551. The number of hydrogen-bond acceptors (Lipinski definition) is 2. The minimum absolute atomic E-state index is 0.105. The van der Waals surface area contributed by atoms with E-state index in [4.69, 9.17) is 32.7 Å². The van der Waals surface area contributed by atoms with Gasteiger partial charge in [0.1, 0.15) is 4.33 Å². The topological polar surface area (TPSA) is 18.5 Å². The lowest BCUT2D eigenvalue weighted by atomic mass is 10.3. The Bertz CT molecular complexity index is 156. The molecule has 2 nitrogen and oxygen atoms in total. The average molecular weight is 197 g/mol. The van der Waals surface area contributed by atoms with Crippen molar-refractivity contribution < 1.29 is 9.47 Å². The zero-order valence-corrected chi connectivity index (χ0v) is 7.73. The van der Waals surface area contributed by atoms with E-state index in [-0.39, 0.29) is 18.1 Å². The van der Waals surface area contributed by atoms with Crippen LogP contribution in [0, 0.1) is 11.8 Å². The molecule has 0 spiro atoms. The largest absolute Gasteiger partial charge is 0.353 e. The van der Waals surface area contributed by atoms with Crippen molar-refractivity contribution in [1.82, 2.24) is 0 Å². The monoisotopic (exact) mass is 196 g/mol. The first kappa shape index (κ1) is 8.11. The van der Waals surface area contributed by atoms with Crippen molar-refractivity contribution >= 4 is 23.2 Å². The van der Waals surface area contributed by atoms with Gasteiger partial charge in [-0.3, -0.25) is 0 Å². The molecule has 1 saturated heterocycles. The Morgan fingerprint density at radius 1 is 1.18 bits per heavy atom. The maximum Gasteiger partial charge on any atom is 0.154 e. The van der Waals surface area contributed by atoms with Crippen LogP contribution in [0.4, 0.5) is 0 Å². The fourth-order valence-electron chi connectivity index (χ4n) is 1.44. The van der Waals surface area contributed by atoms with E-state index in [2.05, 4.69) is 0 Å². The molecule has 1 unspecified atom stereocenters. The summed E-state index contributed by atoms with van der Waals surface area (Å²) in [5.41, 5.74) is 0. The third kappa shape index (κ3) is 1.26. The smallest absolute Gasteiger partial charge is 0.154 e.